The lowest BCUT2D eigenvalue weighted by Crippen LogP contribution is -2.12. The summed E-state index contributed by atoms with van der Waals surface area (Å²) in [5.41, 5.74) is 2.49. The summed E-state index contributed by atoms with van der Waals surface area (Å²) in [4.78, 5) is 9.91. The molecular weight excluding hydrogens is 418 g/mol. The fourth-order valence-corrected chi connectivity index (χ4v) is 4.91. The number of aryl methyl sites for hydroxylation is 2. The minimum Gasteiger partial charge on any atom is -0.280 e. The van der Waals surface area contributed by atoms with Crippen molar-refractivity contribution >= 4 is 33.3 Å². The number of hydrogen-bond donors (Lipinski definition) is 1. The van der Waals surface area contributed by atoms with Crippen molar-refractivity contribution in [1.82, 2.24) is 19.6 Å². The van der Waals surface area contributed by atoms with Crippen LogP contribution >= 0.6 is 11.8 Å². The van der Waals surface area contributed by atoms with Crippen molar-refractivity contribution in [2.75, 3.05) is 4.72 Å². The zero-order valence-electron chi connectivity index (χ0n) is 16.6. The van der Waals surface area contributed by atoms with Crippen molar-refractivity contribution in [1.29, 1.82) is 0 Å². The molecule has 154 valence electrons. The highest BCUT2D eigenvalue weighted by molar-refractivity contribution is 7.99. The molecule has 0 saturated heterocycles. The first-order valence-corrected chi connectivity index (χ1v) is 11.8. The summed E-state index contributed by atoms with van der Waals surface area (Å²) in [6, 6.07) is 16.0. The Bertz CT molecular complexity index is 1270. The van der Waals surface area contributed by atoms with E-state index in [0.29, 0.717) is 11.5 Å². The van der Waals surface area contributed by atoms with Crippen LogP contribution in [-0.2, 0) is 16.4 Å². The predicted molar refractivity (Wildman–Crippen MR) is 117 cm³/mol. The van der Waals surface area contributed by atoms with E-state index in [-0.39, 0.29) is 4.90 Å². The summed E-state index contributed by atoms with van der Waals surface area (Å²) < 4.78 is 29.5. The van der Waals surface area contributed by atoms with E-state index in [1.165, 1.54) is 18.1 Å². The molecule has 0 fully saturated rings. The third-order valence-electron chi connectivity index (χ3n) is 4.44. The molecule has 0 aliphatic carbocycles. The number of rotatable bonds is 7. The summed E-state index contributed by atoms with van der Waals surface area (Å²) in [5, 5.41) is 5.16. The third-order valence-corrected chi connectivity index (χ3v) is 6.84. The molecule has 0 unspecified atom stereocenters. The fraction of sp³-hybridized carbons (Fsp3) is 0.190. The molecule has 7 nitrogen and oxygen atoms in total. The van der Waals surface area contributed by atoms with E-state index in [2.05, 4.69) is 26.7 Å². The second-order valence-electron chi connectivity index (χ2n) is 6.85. The van der Waals surface area contributed by atoms with Gasteiger partial charge in [0.25, 0.3) is 15.8 Å². The van der Waals surface area contributed by atoms with Crippen LogP contribution in [0.1, 0.15) is 24.6 Å². The summed E-state index contributed by atoms with van der Waals surface area (Å²) in [6.45, 7) is 4.03. The highest BCUT2D eigenvalue weighted by Gasteiger charge is 2.14. The van der Waals surface area contributed by atoms with Crippen molar-refractivity contribution in [3.63, 3.8) is 0 Å². The number of aromatic nitrogens is 4. The van der Waals surface area contributed by atoms with Crippen LogP contribution in [0.2, 0.25) is 0 Å². The molecule has 9 heteroatoms. The van der Waals surface area contributed by atoms with Crippen molar-refractivity contribution in [3.8, 4) is 0 Å². The van der Waals surface area contributed by atoms with Gasteiger partial charge in [-0.25, -0.2) is 13.4 Å². The third kappa shape index (κ3) is 4.47. The van der Waals surface area contributed by atoms with Gasteiger partial charge in [0, 0.05) is 16.3 Å². The molecule has 4 aromatic rings. The minimum atomic E-state index is -3.62. The first kappa shape index (κ1) is 20.4. The first-order chi connectivity index (χ1) is 14.4. The lowest BCUT2D eigenvalue weighted by atomic mass is 10.2. The maximum Gasteiger partial charge on any atom is 0.261 e. The van der Waals surface area contributed by atoms with E-state index >= 15 is 0 Å². The van der Waals surface area contributed by atoms with Crippen molar-refractivity contribution in [2.45, 2.75) is 41.5 Å². The van der Waals surface area contributed by atoms with Crippen LogP contribution < -0.4 is 4.72 Å². The zero-order chi connectivity index (χ0) is 21.1. The predicted octanol–water partition coefficient (Wildman–Crippen LogP) is 4.34. The molecule has 4 rings (SSSR count). The van der Waals surface area contributed by atoms with Crippen LogP contribution in [0.5, 0.6) is 0 Å². The van der Waals surface area contributed by atoms with Crippen LogP contribution in [0, 0.1) is 6.92 Å². The molecule has 2 heterocycles. The largest absolute Gasteiger partial charge is 0.280 e. The summed E-state index contributed by atoms with van der Waals surface area (Å²) in [5.74, 6) is 0.575. The molecule has 0 aliphatic heterocycles. The van der Waals surface area contributed by atoms with Gasteiger partial charge in [-0.05, 0) is 55.8 Å². The van der Waals surface area contributed by atoms with Crippen molar-refractivity contribution in [3.05, 3.63) is 72.2 Å². The molecular formula is C21H21N5O2S2. The average molecular weight is 440 g/mol. The van der Waals surface area contributed by atoms with Crippen LogP contribution in [0.4, 0.5) is 5.69 Å². The number of anilines is 1. The van der Waals surface area contributed by atoms with Gasteiger partial charge < -0.3 is 0 Å². The molecule has 0 aliphatic rings. The number of nitrogens with one attached hydrogen (secondary N) is 1. The highest BCUT2D eigenvalue weighted by atomic mass is 32.2. The molecule has 0 atom stereocenters. The SMILES string of the molecule is CCCc1cc(Sc2ccc(NS(=O)(=O)c3ccc(C)cc3)cc2)n2ncnc2n1. The molecule has 0 amide bonds. The Morgan fingerprint density at radius 2 is 1.80 bits per heavy atom. The Labute approximate surface area is 179 Å². The molecule has 0 saturated carbocycles. The first-order valence-electron chi connectivity index (χ1n) is 9.52. The lowest BCUT2D eigenvalue weighted by Gasteiger charge is -2.10. The number of hydrogen-bond acceptors (Lipinski definition) is 6. The number of benzene rings is 2. The van der Waals surface area contributed by atoms with Crippen LogP contribution in [0.3, 0.4) is 0 Å². The second kappa shape index (κ2) is 8.45. The van der Waals surface area contributed by atoms with Crippen LogP contribution in [0.25, 0.3) is 5.78 Å². The van der Waals surface area contributed by atoms with Gasteiger partial charge in [-0.3, -0.25) is 4.72 Å². The summed E-state index contributed by atoms with van der Waals surface area (Å²) in [7, 11) is -3.62. The topological polar surface area (TPSA) is 89.2 Å². The second-order valence-corrected chi connectivity index (χ2v) is 9.63. The molecule has 2 aromatic heterocycles. The Balaban J connectivity index is 1.54. The Hall–Kier alpha value is -2.91. The van der Waals surface area contributed by atoms with Gasteiger partial charge in [-0.15, -0.1) is 0 Å². The molecule has 0 spiro atoms. The quantitative estimate of drug-likeness (QED) is 0.431. The van der Waals surface area contributed by atoms with Gasteiger partial charge >= 0.3 is 0 Å². The molecule has 0 radical (unpaired) electrons. The maximum atomic E-state index is 12.6. The van der Waals surface area contributed by atoms with E-state index in [0.717, 1.165) is 34.0 Å². The average Bonchev–Trinajstić information content (AvgIpc) is 3.19. The van der Waals surface area contributed by atoms with E-state index in [9.17, 15) is 8.42 Å². The number of sulfonamides is 1. The van der Waals surface area contributed by atoms with E-state index < -0.39 is 10.0 Å². The minimum absolute atomic E-state index is 0.236. The molecule has 30 heavy (non-hydrogen) atoms. The van der Waals surface area contributed by atoms with Crippen molar-refractivity contribution in [2.24, 2.45) is 0 Å². The van der Waals surface area contributed by atoms with Gasteiger partial charge in [0.15, 0.2) is 0 Å². The van der Waals surface area contributed by atoms with E-state index in [4.69, 9.17) is 0 Å². The summed E-state index contributed by atoms with van der Waals surface area (Å²) >= 11 is 1.53. The Morgan fingerprint density at radius 1 is 1.07 bits per heavy atom. The number of nitrogens with zero attached hydrogens (tertiary/aromatic N) is 4. The van der Waals surface area contributed by atoms with Gasteiger partial charge in [0.05, 0.1) is 4.90 Å². The Morgan fingerprint density at radius 3 is 2.50 bits per heavy atom. The zero-order valence-corrected chi connectivity index (χ0v) is 18.2. The van der Waals surface area contributed by atoms with Gasteiger partial charge in [0.1, 0.15) is 11.4 Å². The molecule has 1 N–H and O–H groups in total. The Kier molecular flexibility index (Phi) is 5.74. The highest BCUT2D eigenvalue weighted by Crippen LogP contribution is 2.29. The fourth-order valence-electron chi connectivity index (χ4n) is 2.93. The summed E-state index contributed by atoms with van der Waals surface area (Å²) in [6.07, 6.45) is 3.36. The van der Waals surface area contributed by atoms with E-state index in [1.54, 1.807) is 40.9 Å². The standard InChI is InChI=1S/C21H21N5O2S2/c1-3-4-17-13-20(26-21(24-17)22-14-23-26)29-18-9-7-16(8-10-18)25-30(27,28)19-11-5-15(2)6-12-19/h5-14,25H,3-4H2,1-2H3. The monoisotopic (exact) mass is 439 g/mol. The van der Waals surface area contributed by atoms with Gasteiger partial charge in [-0.1, -0.05) is 42.8 Å². The number of fused-ring (bicyclic) bond motifs is 1. The lowest BCUT2D eigenvalue weighted by molar-refractivity contribution is 0.601. The molecule has 2 aromatic carbocycles. The van der Waals surface area contributed by atoms with Crippen LogP contribution in [0.15, 0.2) is 75.7 Å². The normalized spacial score (nSPS) is 11.7. The van der Waals surface area contributed by atoms with Gasteiger partial charge in [0.2, 0.25) is 0 Å². The van der Waals surface area contributed by atoms with Crippen LogP contribution in [-0.4, -0.2) is 28.0 Å². The van der Waals surface area contributed by atoms with E-state index in [1.807, 2.05) is 25.1 Å². The molecule has 0 bridgehead atoms. The van der Waals surface area contributed by atoms with Crippen molar-refractivity contribution < 1.29 is 8.42 Å². The van der Waals surface area contributed by atoms with Gasteiger partial charge in [-0.2, -0.15) is 14.6 Å². The smallest absolute Gasteiger partial charge is 0.261 e. The maximum absolute atomic E-state index is 12.6.